The number of aromatic nitrogens is 1. The Bertz CT molecular complexity index is 1350. The van der Waals surface area contributed by atoms with Crippen molar-refractivity contribution in [2.24, 2.45) is 0 Å². The Balaban J connectivity index is 1.58. The van der Waals surface area contributed by atoms with Gasteiger partial charge in [0.15, 0.2) is 5.76 Å². The zero-order valence-corrected chi connectivity index (χ0v) is 17.2. The highest BCUT2D eigenvalue weighted by Crippen LogP contribution is 2.29. The summed E-state index contributed by atoms with van der Waals surface area (Å²) >= 11 is 0. The van der Waals surface area contributed by atoms with Crippen LogP contribution in [-0.4, -0.2) is 18.3 Å². The number of nitrogens with zero attached hydrogens (tertiary/aromatic N) is 2. The lowest BCUT2D eigenvalue weighted by atomic mass is 10.2. The van der Waals surface area contributed by atoms with Gasteiger partial charge in [-0.1, -0.05) is 36.4 Å². The summed E-state index contributed by atoms with van der Waals surface area (Å²) in [6.07, 6.45) is 1.60. The number of nitro groups is 1. The third-order valence-corrected chi connectivity index (χ3v) is 5.95. The van der Waals surface area contributed by atoms with E-state index in [0.717, 1.165) is 5.56 Å². The molecule has 0 saturated carbocycles. The van der Waals surface area contributed by atoms with Crippen molar-refractivity contribution in [3.05, 3.63) is 94.7 Å². The van der Waals surface area contributed by atoms with Crippen molar-refractivity contribution in [1.29, 1.82) is 0 Å². The van der Waals surface area contributed by atoms with E-state index in [1.54, 1.807) is 31.3 Å². The zero-order valence-electron chi connectivity index (χ0n) is 16.3. The van der Waals surface area contributed by atoms with Gasteiger partial charge in [-0.25, -0.2) is 13.4 Å². The molecular formula is C22H17N3O5S. The van der Waals surface area contributed by atoms with Gasteiger partial charge in [0.25, 0.3) is 15.7 Å². The molecule has 156 valence electrons. The van der Waals surface area contributed by atoms with E-state index in [4.69, 9.17) is 4.42 Å². The molecule has 9 heteroatoms. The molecule has 31 heavy (non-hydrogen) atoms. The van der Waals surface area contributed by atoms with Gasteiger partial charge >= 0.3 is 0 Å². The third kappa shape index (κ3) is 4.31. The smallest absolute Gasteiger partial charge is 0.293 e. The SMILES string of the molecule is Cc1ccc(NS(=O)(=O)c2ccc(-c3ncc(-c4ccccc4)o3)cc2)c([N+](=O)[O-])c1. The van der Waals surface area contributed by atoms with Crippen molar-refractivity contribution < 1.29 is 17.8 Å². The molecule has 0 atom stereocenters. The van der Waals surface area contributed by atoms with Crippen molar-refractivity contribution in [3.8, 4) is 22.8 Å². The summed E-state index contributed by atoms with van der Waals surface area (Å²) in [6, 6.07) is 19.7. The molecular weight excluding hydrogens is 418 g/mol. The van der Waals surface area contributed by atoms with E-state index in [1.165, 1.54) is 24.3 Å². The maximum atomic E-state index is 12.7. The number of nitro benzene ring substituents is 1. The average molecular weight is 435 g/mol. The molecule has 4 aromatic rings. The lowest BCUT2D eigenvalue weighted by molar-refractivity contribution is -0.383. The fraction of sp³-hybridized carbons (Fsp3) is 0.0455. The van der Waals surface area contributed by atoms with Crippen LogP contribution in [0.25, 0.3) is 22.8 Å². The zero-order chi connectivity index (χ0) is 22.0. The van der Waals surface area contributed by atoms with Crippen LogP contribution in [0.4, 0.5) is 11.4 Å². The number of benzene rings is 3. The van der Waals surface area contributed by atoms with Gasteiger partial charge < -0.3 is 4.42 Å². The van der Waals surface area contributed by atoms with Gasteiger partial charge in [0.05, 0.1) is 16.0 Å². The first-order valence-electron chi connectivity index (χ1n) is 9.23. The molecule has 1 N–H and O–H groups in total. The summed E-state index contributed by atoms with van der Waals surface area (Å²) in [5.41, 5.74) is 1.72. The van der Waals surface area contributed by atoms with Gasteiger partial charge in [-0.05, 0) is 42.8 Å². The number of sulfonamides is 1. The minimum atomic E-state index is -4.02. The van der Waals surface area contributed by atoms with Gasteiger partial charge in [0.1, 0.15) is 5.69 Å². The van der Waals surface area contributed by atoms with Gasteiger partial charge in [0, 0.05) is 17.2 Å². The molecule has 0 aliphatic heterocycles. The molecule has 0 bridgehead atoms. The minimum Gasteiger partial charge on any atom is -0.436 e. The summed E-state index contributed by atoms with van der Waals surface area (Å²) < 4.78 is 33.5. The quantitative estimate of drug-likeness (QED) is 0.336. The number of oxazole rings is 1. The van der Waals surface area contributed by atoms with Crippen LogP contribution in [-0.2, 0) is 10.0 Å². The maximum Gasteiger partial charge on any atom is 0.293 e. The number of hydrogen-bond acceptors (Lipinski definition) is 6. The highest BCUT2D eigenvalue weighted by atomic mass is 32.2. The highest BCUT2D eigenvalue weighted by molar-refractivity contribution is 7.92. The van der Waals surface area contributed by atoms with E-state index in [1.807, 2.05) is 30.3 Å². The molecule has 0 spiro atoms. The molecule has 1 heterocycles. The largest absolute Gasteiger partial charge is 0.436 e. The first-order chi connectivity index (χ1) is 14.8. The standard InChI is InChI=1S/C22H17N3O5S/c1-15-7-12-19(20(13-15)25(26)27)24-31(28,29)18-10-8-17(9-11-18)22-23-14-21(30-22)16-5-3-2-4-6-16/h2-14,24H,1H3. The van der Waals surface area contributed by atoms with Crippen molar-refractivity contribution in [3.63, 3.8) is 0 Å². The summed E-state index contributed by atoms with van der Waals surface area (Å²) in [4.78, 5) is 14.8. The van der Waals surface area contributed by atoms with Crippen molar-refractivity contribution in [2.75, 3.05) is 4.72 Å². The van der Waals surface area contributed by atoms with E-state index in [9.17, 15) is 18.5 Å². The maximum absolute atomic E-state index is 12.7. The van der Waals surface area contributed by atoms with E-state index >= 15 is 0 Å². The van der Waals surface area contributed by atoms with Crippen molar-refractivity contribution in [1.82, 2.24) is 4.98 Å². The molecule has 3 aromatic carbocycles. The van der Waals surface area contributed by atoms with Crippen molar-refractivity contribution >= 4 is 21.4 Å². The second kappa shape index (κ2) is 8.04. The average Bonchev–Trinajstić information content (AvgIpc) is 3.26. The molecule has 0 aliphatic carbocycles. The molecule has 0 fully saturated rings. The minimum absolute atomic E-state index is 0.0408. The number of rotatable bonds is 6. The summed E-state index contributed by atoms with van der Waals surface area (Å²) in [6.45, 7) is 1.69. The molecule has 0 radical (unpaired) electrons. The second-order valence-electron chi connectivity index (χ2n) is 6.80. The normalized spacial score (nSPS) is 11.3. The molecule has 1 aromatic heterocycles. The monoisotopic (exact) mass is 435 g/mol. The lowest BCUT2D eigenvalue weighted by Crippen LogP contribution is -2.14. The molecule has 0 saturated heterocycles. The van der Waals surface area contributed by atoms with Gasteiger partial charge in [0.2, 0.25) is 5.89 Å². The van der Waals surface area contributed by atoms with Gasteiger partial charge in [-0.3, -0.25) is 14.8 Å². The lowest BCUT2D eigenvalue weighted by Gasteiger charge is -2.09. The molecule has 4 rings (SSSR count). The first kappa shape index (κ1) is 20.3. The van der Waals surface area contributed by atoms with Crippen LogP contribution in [0, 0.1) is 17.0 Å². The number of aryl methyl sites for hydroxylation is 1. The molecule has 8 nitrogen and oxygen atoms in total. The molecule has 0 amide bonds. The fourth-order valence-electron chi connectivity index (χ4n) is 3.00. The molecule has 0 unspecified atom stereocenters. The Hall–Kier alpha value is -3.98. The van der Waals surface area contributed by atoms with Crippen LogP contribution >= 0.6 is 0 Å². The van der Waals surface area contributed by atoms with Crippen molar-refractivity contribution in [2.45, 2.75) is 11.8 Å². The Kier molecular flexibility index (Phi) is 5.26. The Labute approximate surface area is 178 Å². The summed E-state index contributed by atoms with van der Waals surface area (Å²) in [5.74, 6) is 0.950. The van der Waals surface area contributed by atoms with Crippen LogP contribution in [0.1, 0.15) is 5.56 Å². The Morgan fingerprint density at radius 2 is 1.68 bits per heavy atom. The van der Waals surface area contributed by atoms with Crippen LogP contribution in [0.2, 0.25) is 0 Å². The number of nitrogens with one attached hydrogen (secondary N) is 1. The first-order valence-corrected chi connectivity index (χ1v) is 10.7. The van der Waals surface area contributed by atoms with E-state index in [2.05, 4.69) is 9.71 Å². The summed E-state index contributed by atoms with van der Waals surface area (Å²) in [5, 5.41) is 11.3. The molecule has 0 aliphatic rings. The number of hydrogen-bond donors (Lipinski definition) is 1. The highest BCUT2D eigenvalue weighted by Gasteiger charge is 2.21. The van der Waals surface area contributed by atoms with Gasteiger partial charge in [-0.15, -0.1) is 0 Å². The fourth-order valence-corrected chi connectivity index (χ4v) is 4.08. The van der Waals surface area contributed by atoms with Crippen LogP contribution in [0.15, 0.2) is 88.3 Å². The van der Waals surface area contributed by atoms with Crippen LogP contribution < -0.4 is 4.72 Å². The summed E-state index contributed by atoms with van der Waals surface area (Å²) in [7, 11) is -4.02. The third-order valence-electron chi connectivity index (χ3n) is 4.57. The topological polar surface area (TPSA) is 115 Å². The van der Waals surface area contributed by atoms with E-state index < -0.39 is 14.9 Å². The Morgan fingerprint density at radius 1 is 0.968 bits per heavy atom. The Morgan fingerprint density at radius 3 is 2.35 bits per heavy atom. The predicted octanol–water partition coefficient (Wildman–Crippen LogP) is 5.03. The van der Waals surface area contributed by atoms with E-state index in [0.29, 0.717) is 22.8 Å². The van der Waals surface area contributed by atoms with Gasteiger partial charge in [-0.2, -0.15) is 0 Å². The van der Waals surface area contributed by atoms with E-state index in [-0.39, 0.29) is 16.3 Å². The van der Waals surface area contributed by atoms with Crippen LogP contribution in [0.5, 0.6) is 0 Å². The second-order valence-corrected chi connectivity index (χ2v) is 8.49. The van der Waals surface area contributed by atoms with Crippen LogP contribution in [0.3, 0.4) is 0 Å². The number of anilines is 1. The predicted molar refractivity (Wildman–Crippen MR) is 116 cm³/mol.